The summed E-state index contributed by atoms with van der Waals surface area (Å²) in [6, 6.07) is 23.8. The number of piperazine rings is 3. The van der Waals surface area contributed by atoms with Crippen LogP contribution in [0.15, 0.2) is 91.4 Å². The maximum atomic E-state index is 13.4. The lowest BCUT2D eigenvalue weighted by Crippen LogP contribution is -2.47. The van der Waals surface area contributed by atoms with Crippen LogP contribution in [0.25, 0.3) is 0 Å². The number of hydrogen-bond donors (Lipinski definition) is 0. The van der Waals surface area contributed by atoms with Crippen LogP contribution < -0.4 is 14.7 Å². The molecule has 3 aromatic carbocycles. The lowest BCUT2D eigenvalue weighted by Gasteiger charge is -2.36. The first-order valence-corrected chi connectivity index (χ1v) is 30.5. The Morgan fingerprint density at radius 2 is 0.704 bits per heavy atom. The number of ketones is 3. The van der Waals surface area contributed by atoms with Crippen molar-refractivity contribution >= 4 is 34.4 Å². The molecule has 6 aromatic rings. The van der Waals surface area contributed by atoms with Crippen molar-refractivity contribution in [3.8, 4) is 0 Å². The highest BCUT2D eigenvalue weighted by atomic mass is 19.2. The van der Waals surface area contributed by atoms with E-state index in [4.69, 9.17) is 0 Å². The fourth-order valence-electron chi connectivity index (χ4n) is 12.9. The molecule has 0 N–H and O–H groups in total. The van der Waals surface area contributed by atoms with Crippen molar-refractivity contribution in [2.75, 3.05) is 113 Å². The van der Waals surface area contributed by atoms with Gasteiger partial charge < -0.3 is 28.4 Å². The second-order valence-electron chi connectivity index (χ2n) is 23.6. The van der Waals surface area contributed by atoms with Crippen molar-refractivity contribution in [1.29, 1.82) is 0 Å². The second-order valence-corrected chi connectivity index (χ2v) is 23.6. The third kappa shape index (κ3) is 14.5. The maximum absolute atomic E-state index is 13.4. The van der Waals surface area contributed by atoms with Crippen LogP contribution in [0.2, 0.25) is 0 Å². The van der Waals surface area contributed by atoms with Crippen LogP contribution in [-0.2, 0) is 38.9 Å². The number of hydrogen-bond acceptors (Lipinski definition) is 9. The van der Waals surface area contributed by atoms with E-state index in [-0.39, 0.29) is 0 Å². The molecule has 3 aliphatic heterocycles. The molecule has 0 saturated carbocycles. The first-order valence-electron chi connectivity index (χ1n) is 30.5. The Morgan fingerprint density at radius 3 is 1.12 bits per heavy atom. The molecule has 6 aliphatic rings. The van der Waals surface area contributed by atoms with Gasteiger partial charge in [0.2, 0.25) is 0 Å². The lowest BCUT2D eigenvalue weighted by molar-refractivity contribution is 0.0963. The molecule has 0 bridgehead atoms. The Balaban J connectivity index is 0.000000136. The highest BCUT2D eigenvalue weighted by molar-refractivity contribution is 5.99. The first-order chi connectivity index (χ1) is 39.3. The predicted octanol–water partition coefficient (Wildman–Crippen LogP) is 11.2. The summed E-state index contributed by atoms with van der Waals surface area (Å²) in [6.45, 7) is 27.4. The van der Waals surface area contributed by atoms with E-state index in [1.165, 1.54) is 62.8 Å². The van der Waals surface area contributed by atoms with E-state index in [1.54, 1.807) is 6.07 Å². The number of Topliss-reactive ketones (excluding diaryl/α,β-unsaturated/α-hetero) is 3. The van der Waals surface area contributed by atoms with Crippen LogP contribution in [0.3, 0.4) is 0 Å². The van der Waals surface area contributed by atoms with E-state index >= 15 is 0 Å². The fourth-order valence-corrected chi connectivity index (χ4v) is 12.9. The van der Waals surface area contributed by atoms with E-state index in [2.05, 4.69) is 126 Å². The summed E-state index contributed by atoms with van der Waals surface area (Å²) >= 11 is 0. The van der Waals surface area contributed by atoms with Gasteiger partial charge in [-0.25, -0.2) is 8.78 Å². The summed E-state index contributed by atoms with van der Waals surface area (Å²) in [5.41, 5.74) is 15.6. The molecule has 81 heavy (non-hydrogen) atoms. The lowest BCUT2D eigenvalue weighted by atomic mass is 9.97. The number of benzene rings is 3. The third-order valence-corrected chi connectivity index (χ3v) is 18.3. The van der Waals surface area contributed by atoms with Gasteiger partial charge in [0.25, 0.3) is 0 Å². The third-order valence-electron chi connectivity index (χ3n) is 18.3. The smallest absolute Gasteiger partial charge is 0.164 e. The standard InChI is InChI=1S/C23H31N3O.C22H27F2N3O.C22H29N3O/c1-18-7-8-20(17-19(18)2)25-15-13-24(14-16-25)10-4-11-26-12-9-21-22(26)5-3-6-23(21)27;23-19-7-6-17(16-20(19)24)26-14-12-25(13-15-26)9-1-2-10-27-11-8-18-21(27)4-3-5-22(18)28;1-17-6-7-19(16-18(17)2)24-13-10-23(11-14-24)12-15-25-9-8-20-21(25)4-3-5-22(20)26/h7-9,12,17H,3-6,10-11,13-16H2,1-2H3;6-8,11,16H,1-5,9-10,12-15H2;6-9,16H,3-5,10-15H2,1-2H3. The van der Waals surface area contributed by atoms with Crippen molar-refractivity contribution < 1.29 is 23.2 Å². The van der Waals surface area contributed by atoms with Crippen LogP contribution in [0, 0.1) is 39.3 Å². The number of carbonyl (C=O) groups is 3. The molecule has 3 aromatic heterocycles. The van der Waals surface area contributed by atoms with Crippen LogP contribution in [0.4, 0.5) is 25.8 Å². The molecule has 0 atom stereocenters. The SMILES string of the molecule is Cc1ccc(N2CCN(CCCn3ccc4c3CCCC4=O)CC2)cc1C.Cc1ccc(N2CCN(CCn3ccc4c3CCCC4=O)CC2)cc1C.O=C1CCCc2c1ccn2CCCCN1CCN(c2ccc(F)c(F)c2)CC1. The Labute approximate surface area is 480 Å². The molecule has 6 heterocycles. The number of halogens is 2. The van der Waals surface area contributed by atoms with Gasteiger partial charge in [-0.1, -0.05) is 12.1 Å². The van der Waals surface area contributed by atoms with Gasteiger partial charge in [0, 0.05) is 199 Å². The number of unbranched alkanes of at least 4 members (excludes halogenated alkanes) is 1. The molecule has 12 nitrogen and oxygen atoms in total. The summed E-state index contributed by atoms with van der Waals surface area (Å²) in [5, 5.41) is 0. The Kier molecular flexibility index (Phi) is 19.4. The molecule has 3 aliphatic carbocycles. The molecule has 14 heteroatoms. The van der Waals surface area contributed by atoms with Crippen LogP contribution >= 0.6 is 0 Å². The monoisotopic (exact) mass is 1100 g/mol. The molecule has 0 radical (unpaired) electrons. The molecule has 3 saturated heterocycles. The predicted molar refractivity (Wildman–Crippen MR) is 323 cm³/mol. The van der Waals surface area contributed by atoms with Gasteiger partial charge in [0.1, 0.15) is 0 Å². The molecule has 0 spiro atoms. The van der Waals surface area contributed by atoms with Crippen molar-refractivity contribution in [1.82, 2.24) is 28.4 Å². The van der Waals surface area contributed by atoms with E-state index < -0.39 is 11.6 Å². The number of rotatable bonds is 15. The van der Waals surface area contributed by atoms with E-state index in [9.17, 15) is 23.2 Å². The number of fused-ring (bicyclic) bond motifs is 3. The van der Waals surface area contributed by atoms with Crippen LogP contribution in [0.5, 0.6) is 0 Å². The topological polar surface area (TPSA) is 85.4 Å². The average Bonchev–Trinajstić information content (AvgIpc) is 4.24. The van der Waals surface area contributed by atoms with Gasteiger partial charge >= 0.3 is 0 Å². The largest absolute Gasteiger partial charge is 0.369 e. The highest BCUT2D eigenvalue weighted by Gasteiger charge is 2.25. The molecule has 0 unspecified atom stereocenters. The quantitative estimate of drug-likeness (QED) is 0.0934. The summed E-state index contributed by atoms with van der Waals surface area (Å²) in [5.74, 6) is -0.632. The first kappa shape index (κ1) is 57.9. The molecule has 0 amide bonds. The zero-order chi connectivity index (χ0) is 56.4. The summed E-state index contributed by atoms with van der Waals surface area (Å²) in [4.78, 5) is 50.6. The molecule has 432 valence electrons. The fraction of sp³-hybridized carbons (Fsp3) is 0.507. The van der Waals surface area contributed by atoms with Gasteiger partial charge in [0.05, 0.1) is 0 Å². The number of aromatic nitrogens is 3. The van der Waals surface area contributed by atoms with Gasteiger partial charge in [-0.15, -0.1) is 0 Å². The zero-order valence-electron chi connectivity index (χ0n) is 48.9. The van der Waals surface area contributed by atoms with E-state index in [0.717, 1.165) is 211 Å². The summed E-state index contributed by atoms with van der Waals surface area (Å²) in [6.07, 6.45) is 17.9. The zero-order valence-corrected chi connectivity index (χ0v) is 48.9. The van der Waals surface area contributed by atoms with Crippen molar-refractivity contribution in [2.45, 2.75) is 124 Å². The minimum atomic E-state index is -0.796. The number of carbonyl (C=O) groups excluding carboxylic acids is 3. The normalized spacial score (nSPS) is 18.0. The number of aryl methyl sites for hydroxylation is 6. The highest BCUT2D eigenvalue weighted by Crippen LogP contribution is 2.28. The minimum Gasteiger partial charge on any atom is -0.369 e. The van der Waals surface area contributed by atoms with E-state index in [0.29, 0.717) is 23.8 Å². The van der Waals surface area contributed by atoms with Crippen LogP contribution in [0.1, 0.15) is 128 Å². The molecule has 12 rings (SSSR count). The molecular formula is C67H87F2N9O3. The number of anilines is 3. The van der Waals surface area contributed by atoms with E-state index in [1.807, 2.05) is 18.2 Å². The van der Waals surface area contributed by atoms with Crippen LogP contribution in [-0.4, -0.2) is 144 Å². The Morgan fingerprint density at radius 1 is 0.346 bits per heavy atom. The maximum Gasteiger partial charge on any atom is 0.164 e. The van der Waals surface area contributed by atoms with Crippen molar-refractivity contribution in [3.63, 3.8) is 0 Å². The van der Waals surface area contributed by atoms with Gasteiger partial charge in [-0.2, -0.15) is 0 Å². The Bertz CT molecular complexity index is 3110. The summed E-state index contributed by atoms with van der Waals surface area (Å²) < 4.78 is 33.4. The average molecular weight is 1100 g/mol. The summed E-state index contributed by atoms with van der Waals surface area (Å²) in [7, 11) is 0. The molecular weight excluding hydrogens is 1020 g/mol. The number of nitrogens with zero attached hydrogens (tertiary/aromatic N) is 9. The molecule has 3 fully saturated rings. The van der Waals surface area contributed by atoms with Gasteiger partial charge in [0.15, 0.2) is 29.0 Å². The van der Waals surface area contributed by atoms with Crippen molar-refractivity contribution in [2.24, 2.45) is 0 Å². The van der Waals surface area contributed by atoms with Gasteiger partial charge in [-0.3, -0.25) is 29.1 Å². The second kappa shape index (κ2) is 27.2. The minimum absolute atomic E-state index is 0.291. The van der Waals surface area contributed by atoms with Crippen molar-refractivity contribution in [3.05, 3.63) is 159 Å². The Hall–Kier alpha value is -6.35. The van der Waals surface area contributed by atoms with Gasteiger partial charge in [-0.05, 0) is 175 Å².